The molecule has 23 heavy (non-hydrogen) atoms. The Kier molecular flexibility index (Phi) is 5.12. The molecule has 6 heteroatoms. The van der Waals surface area contributed by atoms with Crippen molar-refractivity contribution in [2.45, 2.75) is 25.3 Å². The van der Waals surface area contributed by atoms with Crippen LogP contribution in [0, 0.1) is 13.8 Å². The Bertz CT molecular complexity index is 857. The lowest BCUT2D eigenvalue weighted by atomic mass is 10.1. The summed E-state index contributed by atoms with van der Waals surface area (Å²) < 4.78 is 28.6. The van der Waals surface area contributed by atoms with Crippen LogP contribution in [-0.4, -0.2) is 20.6 Å². The smallest absolute Gasteiger partial charge is 0.338 e. The first-order valence-corrected chi connectivity index (χ1v) is 9.18. The first-order chi connectivity index (χ1) is 10.7. The van der Waals surface area contributed by atoms with Gasteiger partial charge in [-0.1, -0.05) is 35.4 Å². The number of halogens is 1. The standard InChI is InChI=1S/C17H17ClO4S/c1-11-4-5-12(2)14(8-11)10-22-17(19)13-6-7-15(18)16(9-13)23(3,20)21/h4-9H,10H2,1-3H3. The Balaban J connectivity index is 2.20. The number of benzene rings is 2. The van der Waals surface area contributed by atoms with E-state index in [4.69, 9.17) is 16.3 Å². The Morgan fingerprint density at radius 2 is 1.83 bits per heavy atom. The van der Waals surface area contributed by atoms with Crippen molar-refractivity contribution in [3.63, 3.8) is 0 Å². The van der Waals surface area contributed by atoms with Gasteiger partial charge in [0.05, 0.1) is 15.5 Å². The van der Waals surface area contributed by atoms with Crippen LogP contribution in [0.5, 0.6) is 0 Å². The van der Waals surface area contributed by atoms with Gasteiger partial charge in [0.15, 0.2) is 9.84 Å². The molecule has 0 aromatic heterocycles. The molecule has 0 aliphatic heterocycles. The van der Waals surface area contributed by atoms with Crippen molar-refractivity contribution in [2.75, 3.05) is 6.26 Å². The lowest BCUT2D eigenvalue weighted by Crippen LogP contribution is -2.08. The molecular weight excluding hydrogens is 336 g/mol. The fourth-order valence-corrected chi connectivity index (χ4v) is 3.40. The first kappa shape index (κ1) is 17.5. The number of carbonyl (C=O) groups is 1. The molecule has 0 aliphatic carbocycles. The molecule has 0 radical (unpaired) electrons. The summed E-state index contributed by atoms with van der Waals surface area (Å²) in [6, 6.07) is 9.96. The van der Waals surface area contributed by atoms with Crippen LogP contribution >= 0.6 is 11.6 Å². The predicted octanol–water partition coefficient (Wildman–Crippen LogP) is 3.72. The van der Waals surface area contributed by atoms with Gasteiger partial charge in [-0.25, -0.2) is 13.2 Å². The molecule has 0 unspecified atom stereocenters. The number of ether oxygens (including phenoxy) is 1. The maximum absolute atomic E-state index is 12.1. The van der Waals surface area contributed by atoms with Crippen LogP contribution in [0.3, 0.4) is 0 Å². The Morgan fingerprint density at radius 1 is 1.13 bits per heavy atom. The SMILES string of the molecule is Cc1ccc(C)c(COC(=O)c2ccc(Cl)c(S(C)(=O)=O)c2)c1. The van der Waals surface area contributed by atoms with Crippen LogP contribution in [0.2, 0.25) is 5.02 Å². The van der Waals surface area contributed by atoms with E-state index in [0.717, 1.165) is 22.9 Å². The second-order valence-corrected chi connectivity index (χ2v) is 7.81. The Hall–Kier alpha value is -1.85. The number of esters is 1. The highest BCUT2D eigenvalue weighted by atomic mass is 35.5. The average molecular weight is 353 g/mol. The molecular formula is C17H17ClO4S. The lowest BCUT2D eigenvalue weighted by molar-refractivity contribution is 0.0472. The van der Waals surface area contributed by atoms with Gasteiger partial charge in [-0.3, -0.25) is 0 Å². The van der Waals surface area contributed by atoms with Gasteiger partial charge in [-0.15, -0.1) is 0 Å². The summed E-state index contributed by atoms with van der Waals surface area (Å²) in [4.78, 5) is 12.1. The summed E-state index contributed by atoms with van der Waals surface area (Å²) in [5.41, 5.74) is 3.17. The van der Waals surface area contributed by atoms with Gasteiger partial charge < -0.3 is 4.74 Å². The molecule has 0 aliphatic rings. The number of hydrogen-bond acceptors (Lipinski definition) is 4. The fraction of sp³-hybridized carbons (Fsp3) is 0.235. The van der Waals surface area contributed by atoms with E-state index in [1.807, 2.05) is 32.0 Å². The molecule has 4 nitrogen and oxygen atoms in total. The molecule has 0 atom stereocenters. The van der Waals surface area contributed by atoms with Crippen LogP contribution in [-0.2, 0) is 21.2 Å². The number of carbonyl (C=O) groups excluding carboxylic acids is 1. The summed E-state index contributed by atoms with van der Waals surface area (Å²) in [6.45, 7) is 4.03. The number of sulfone groups is 1. The van der Waals surface area contributed by atoms with Crippen LogP contribution in [0.25, 0.3) is 0 Å². The summed E-state index contributed by atoms with van der Waals surface area (Å²) >= 11 is 5.87. The van der Waals surface area contributed by atoms with E-state index in [1.165, 1.54) is 18.2 Å². The van der Waals surface area contributed by atoms with Gasteiger partial charge in [0.1, 0.15) is 6.61 Å². The molecule has 0 bridgehead atoms. The third-order valence-corrected chi connectivity index (χ3v) is 5.01. The van der Waals surface area contributed by atoms with E-state index in [-0.39, 0.29) is 22.1 Å². The van der Waals surface area contributed by atoms with Crippen molar-refractivity contribution >= 4 is 27.4 Å². The van der Waals surface area contributed by atoms with Gasteiger partial charge in [-0.05, 0) is 43.2 Å². The molecule has 0 saturated heterocycles. The molecule has 2 aromatic carbocycles. The predicted molar refractivity (Wildman–Crippen MR) is 89.6 cm³/mol. The van der Waals surface area contributed by atoms with Crippen molar-refractivity contribution in [1.29, 1.82) is 0 Å². The Labute approximate surface area is 141 Å². The fourth-order valence-electron chi connectivity index (χ4n) is 2.10. The maximum atomic E-state index is 12.1. The van der Waals surface area contributed by atoms with Gasteiger partial charge in [0.2, 0.25) is 0 Å². The van der Waals surface area contributed by atoms with E-state index in [9.17, 15) is 13.2 Å². The largest absolute Gasteiger partial charge is 0.457 e. The topological polar surface area (TPSA) is 60.4 Å². The molecule has 0 N–H and O–H groups in total. The lowest BCUT2D eigenvalue weighted by Gasteiger charge is -2.10. The normalized spacial score (nSPS) is 11.3. The maximum Gasteiger partial charge on any atom is 0.338 e. The summed E-state index contributed by atoms with van der Waals surface area (Å²) in [6.07, 6.45) is 1.04. The van der Waals surface area contributed by atoms with Crippen molar-refractivity contribution in [2.24, 2.45) is 0 Å². The molecule has 2 rings (SSSR count). The number of rotatable bonds is 4. The van der Waals surface area contributed by atoms with Crippen molar-refractivity contribution < 1.29 is 17.9 Å². The van der Waals surface area contributed by atoms with Crippen LogP contribution in [0.15, 0.2) is 41.3 Å². The highest BCUT2D eigenvalue weighted by Crippen LogP contribution is 2.23. The molecule has 0 amide bonds. The van der Waals surface area contributed by atoms with E-state index >= 15 is 0 Å². The quantitative estimate of drug-likeness (QED) is 0.787. The zero-order chi connectivity index (χ0) is 17.2. The second-order valence-electron chi connectivity index (χ2n) is 5.42. The average Bonchev–Trinajstić information content (AvgIpc) is 2.47. The minimum atomic E-state index is -3.51. The third-order valence-electron chi connectivity index (χ3n) is 3.43. The highest BCUT2D eigenvalue weighted by molar-refractivity contribution is 7.90. The minimum Gasteiger partial charge on any atom is -0.457 e. The molecule has 2 aromatic rings. The highest BCUT2D eigenvalue weighted by Gasteiger charge is 2.17. The molecule has 0 fully saturated rings. The summed E-state index contributed by atoms with van der Waals surface area (Å²) in [5, 5.41) is 0.0820. The third kappa shape index (κ3) is 4.33. The summed E-state index contributed by atoms with van der Waals surface area (Å²) in [5.74, 6) is -0.590. The molecule has 0 heterocycles. The Morgan fingerprint density at radius 3 is 2.48 bits per heavy atom. The van der Waals surface area contributed by atoms with E-state index < -0.39 is 15.8 Å². The molecule has 122 valence electrons. The van der Waals surface area contributed by atoms with E-state index in [1.54, 1.807) is 0 Å². The van der Waals surface area contributed by atoms with Crippen molar-refractivity contribution in [3.8, 4) is 0 Å². The minimum absolute atomic E-state index is 0.0820. The van der Waals surface area contributed by atoms with E-state index in [0.29, 0.717) is 0 Å². The van der Waals surface area contributed by atoms with Gasteiger partial charge in [0, 0.05) is 6.26 Å². The van der Waals surface area contributed by atoms with E-state index in [2.05, 4.69) is 0 Å². The number of aryl methyl sites for hydroxylation is 2. The van der Waals surface area contributed by atoms with Crippen LogP contribution in [0.4, 0.5) is 0 Å². The summed E-state index contributed by atoms with van der Waals surface area (Å²) in [7, 11) is -3.51. The van der Waals surface area contributed by atoms with Crippen molar-refractivity contribution in [1.82, 2.24) is 0 Å². The zero-order valence-corrected chi connectivity index (χ0v) is 14.7. The van der Waals surface area contributed by atoms with Crippen LogP contribution < -0.4 is 0 Å². The monoisotopic (exact) mass is 352 g/mol. The second kappa shape index (κ2) is 6.72. The van der Waals surface area contributed by atoms with Gasteiger partial charge >= 0.3 is 5.97 Å². The first-order valence-electron chi connectivity index (χ1n) is 6.91. The van der Waals surface area contributed by atoms with Gasteiger partial charge in [0.25, 0.3) is 0 Å². The molecule has 0 spiro atoms. The zero-order valence-electron chi connectivity index (χ0n) is 13.1. The van der Waals surface area contributed by atoms with Crippen molar-refractivity contribution in [3.05, 3.63) is 63.7 Å². The molecule has 0 saturated carbocycles. The number of hydrogen-bond donors (Lipinski definition) is 0. The van der Waals surface area contributed by atoms with Gasteiger partial charge in [-0.2, -0.15) is 0 Å². The van der Waals surface area contributed by atoms with Crippen LogP contribution in [0.1, 0.15) is 27.0 Å².